The molecule has 0 aromatic rings. The first-order valence-corrected chi connectivity index (χ1v) is 39.9. The summed E-state index contributed by atoms with van der Waals surface area (Å²) in [6.45, 7) is 4.94. The largest absolute Gasteiger partial charge is 0.466 e. The normalized spacial score (nSPS) is 12.7. The van der Waals surface area contributed by atoms with Gasteiger partial charge in [0, 0.05) is 12.8 Å². The Morgan fingerprint density at radius 1 is 0.318 bits per heavy atom. The molecule has 0 radical (unpaired) electrons. The summed E-state index contributed by atoms with van der Waals surface area (Å²) >= 11 is 0. The van der Waals surface area contributed by atoms with Crippen LogP contribution in [0.15, 0.2) is 48.6 Å². The minimum atomic E-state index is -0.844. The first kappa shape index (κ1) is 85.8. The number of ether oxygens (including phenoxy) is 1. The number of allylic oxidation sites excluding steroid dienone is 7. The third-order valence-corrected chi connectivity index (χ3v) is 18.6. The molecule has 3 N–H and O–H groups in total. The molecular formula is C82H155NO5. The minimum Gasteiger partial charge on any atom is -0.466 e. The highest BCUT2D eigenvalue weighted by molar-refractivity contribution is 5.76. The number of carbonyl (C=O) groups excluding carboxylic acids is 2. The lowest BCUT2D eigenvalue weighted by Gasteiger charge is -2.20. The van der Waals surface area contributed by atoms with Gasteiger partial charge in [-0.1, -0.05) is 383 Å². The molecule has 6 heteroatoms. The van der Waals surface area contributed by atoms with E-state index in [0.29, 0.717) is 19.4 Å². The van der Waals surface area contributed by atoms with Gasteiger partial charge in [-0.25, -0.2) is 0 Å². The Bertz CT molecular complexity index is 1470. The van der Waals surface area contributed by atoms with Gasteiger partial charge in [0.2, 0.25) is 5.91 Å². The van der Waals surface area contributed by atoms with E-state index in [0.717, 1.165) is 51.4 Å². The van der Waals surface area contributed by atoms with E-state index in [1.807, 2.05) is 6.08 Å². The predicted molar refractivity (Wildman–Crippen MR) is 389 cm³/mol. The summed E-state index contributed by atoms with van der Waals surface area (Å²) in [6, 6.07) is -0.627. The Morgan fingerprint density at radius 3 is 0.875 bits per heavy atom. The van der Waals surface area contributed by atoms with Crippen molar-refractivity contribution in [1.29, 1.82) is 0 Å². The number of rotatable bonds is 75. The van der Waals surface area contributed by atoms with Crippen molar-refractivity contribution in [3.05, 3.63) is 48.6 Å². The SMILES string of the molecule is CCCCCCCCC/C=C\CCCCCCCC(=O)OCCCCCCCCCCCCCCC/C=C\C/C=C\CCCCCCCCCCCCCCCCCCCC(=O)NC(CO)C(O)/C=C/CCCCCCCCCCCCCCCCCC. The summed E-state index contributed by atoms with van der Waals surface area (Å²) in [5.41, 5.74) is 0. The average molecular weight is 1240 g/mol. The highest BCUT2D eigenvalue weighted by atomic mass is 16.5. The number of nitrogens with one attached hydrogen (secondary N) is 1. The fourth-order valence-corrected chi connectivity index (χ4v) is 12.5. The van der Waals surface area contributed by atoms with Crippen LogP contribution in [0, 0.1) is 0 Å². The van der Waals surface area contributed by atoms with Gasteiger partial charge in [0.25, 0.3) is 0 Å². The molecule has 0 saturated carbocycles. The molecule has 88 heavy (non-hydrogen) atoms. The Morgan fingerprint density at radius 2 is 0.568 bits per heavy atom. The third-order valence-electron chi connectivity index (χ3n) is 18.6. The number of unbranched alkanes of at least 4 members (excludes halogenated alkanes) is 58. The quantitative estimate of drug-likeness (QED) is 0.0320. The molecule has 0 aromatic carbocycles. The molecule has 0 heterocycles. The van der Waals surface area contributed by atoms with E-state index >= 15 is 0 Å². The molecule has 2 atom stereocenters. The molecule has 0 aliphatic carbocycles. The van der Waals surface area contributed by atoms with E-state index < -0.39 is 12.1 Å². The lowest BCUT2D eigenvalue weighted by atomic mass is 10.0. The number of carbonyl (C=O) groups is 2. The van der Waals surface area contributed by atoms with Gasteiger partial charge in [0.1, 0.15) is 0 Å². The van der Waals surface area contributed by atoms with Crippen LogP contribution in [0.3, 0.4) is 0 Å². The smallest absolute Gasteiger partial charge is 0.305 e. The zero-order valence-corrected chi connectivity index (χ0v) is 59.5. The Balaban J connectivity index is 3.38. The number of esters is 1. The zero-order chi connectivity index (χ0) is 63.5. The van der Waals surface area contributed by atoms with E-state index in [9.17, 15) is 19.8 Å². The molecule has 0 aliphatic heterocycles. The maximum Gasteiger partial charge on any atom is 0.305 e. The first-order valence-electron chi connectivity index (χ1n) is 39.9. The lowest BCUT2D eigenvalue weighted by molar-refractivity contribution is -0.143. The number of amides is 1. The van der Waals surface area contributed by atoms with Crippen LogP contribution >= 0.6 is 0 Å². The Hall–Kier alpha value is -2.18. The minimum absolute atomic E-state index is 0.0116. The molecule has 0 rings (SSSR count). The second-order valence-electron chi connectivity index (χ2n) is 27.4. The highest BCUT2D eigenvalue weighted by Gasteiger charge is 2.18. The number of hydrogen-bond donors (Lipinski definition) is 3. The van der Waals surface area contributed by atoms with Gasteiger partial charge in [-0.05, 0) is 89.9 Å². The van der Waals surface area contributed by atoms with Crippen LogP contribution in [0.25, 0.3) is 0 Å². The van der Waals surface area contributed by atoms with Crippen molar-refractivity contribution in [2.45, 2.75) is 450 Å². The van der Waals surface area contributed by atoms with Crippen molar-refractivity contribution >= 4 is 11.9 Å². The van der Waals surface area contributed by atoms with Crippen LogP contribution in [0.4, 0.5) is 0 Å². The third kappa shape index (κ3) is 72.9. The van der Waals surface area contributed by atoms with Gasteiger partial charge in [0.15, 0.2) is 0 Å². The summed E-state index contributed by atoms with van der Waals surface area (Å²) < 4.78 is 5.50. The standard InChI is InChI=1S/C82H155NO5/c1-3-5-7-9-11-13-15-17-19-21-43-46-50-54-58-62-66-70-74-80(85)79(78-84)83-81(86)75-71-67-63-59-55-51-47-44-41-39-37-35-33-31-29-27-25-23-22-24-26-28-30-32-34-36-38-40-42-45-49-53-57-61-65-69-73-77-88-82(87)76-72-68-64-60-56-52-48-20-18-16-14-12-10-8-6-4-2/h20,22,24,28,30,48,70,74,79-80,84-85H,3-19,21,23,25-27,29,31-47,49-69,71-73,75-78H2,1-2H3,(H,83,86)/b24-22-,30-28-,48-20-,74-70+. The van der Waals surface area contributed by atoms with Crippen molar-refractivity contribution < 1.29 is 24.5 Å². The second-order valence-corrected chi connectivity index (χ2v) is 27.4. The lowest BCUT2D eigenvalue weighted by Crippen LogP contribution is -2.45. The maximum atomic E-state index is 12.5. The highest BCUT2D eigenvalue weighted by Crippen LogP contribution is 2.19. The van der Waals surface area contributed by atoms with E-state index in [4.69, 9.17) is 4.74 Å². The molecule has 0 spiro atoms. The van der Waals surface area contributed by atoms with Gasteiger partial charge in [-0.15, -0.1) is 0 Å². The molecule has 0 bridgehead atoms. The van der Waals surface area contributed by atoms with Crippen molar-refractivity contribution in [3.8, 4) is 0 Å². The predicted octanol–water partition coefficient (Wildman–Crippen LogP) is 26.4. The Kier molecular flexibility index (Phi) is 75.4. The summed E-state index contributed by atoms with van der Waals surface area (Å²) in [5.74, 6) is -0.0502. The summed E-state index contributed by atoms with van der Waals surface area (Å²) in [4.78, 5) is 24.6. The average Bonchev–Trinajstić information content (AvgIpc) is 3.58. The molecule has 0 aromatic heterocycles. The zero-order valence-electron chi connectivity index (χ0n) is 59.5. The molecule has 0 fully saturated rings. The van der Waals surface area contributed by atoms with Gasteiger partial charge in [-0.3, -0.25) is 9.59 Å². The van der Waals surface area contributed by atoms with Crippen molar-refractivity contribution in [2.75, 3.05) is 13.2 Å². The number of hydrogen-bond acceptors (Lipinski definition) is 5. The van der Waals surface area contributed by atoms with Crippen LogP contribution in [-0.2, 0) is 14.3 Å². The number of aliphatic hydroxyl groups excluding tert-OH is 2. The van der Waals surface area contributed by atoms with E-state index in [1.165, 1.54) is 360 Å². The fraction of sp³-hybridized carbons (Fsp3) is 0.878. The molecule has 518 valence electrons. The van der Waals surface area contributed by atoms with Crippen LogP contribution in [0.1, 0.15) is 438 Å². The second kappa shape index (κ2) is 77.3. The molecule has 1 amide bonds. The van der Waals surface area contributed by atoms with E-state index in [-0.39, 0.29) is 18.5 Å². The fourth-order valence-electron chi connectivity index (χ4n) is 12.5. The maximum absolute atomic E-state index is 12.5. The van der Waals surface area contributed by atoms with Crippen molar-refractivity contribution in [1.82, 2.24) is 5.32 Å². The van der Waals surface area contributed by atoms with Gasteiger partial charge < -0.3 is 20.3 Å². The van der Waals surface area contributed by atoms with Gasteiger partial charge >= 0.3 is 5.97 Å². The molecule has 2 unspecified atom stereocenters. The molecule has 0 aliphatic rings. The first-order chi connectivity index (χ1) is 43.5. The van der Waals surface area contributed by atoms with E-state index in [2.05, 4.69) is 55.6 Å². The number of aliphatic hydroxyl groups is 2. The van der Waals surface area contributed by atoms with E-state index in [1.54, 1.807) is 6.08 Å². The van der Waals surface area contributed by atoms with Crippen molar-refractivity contribution in [3.63, 3.8) is 0 Å². The monoisotopic (exact) mass is 1230 g/mol. The summed E-state index contributed by atoms with van der Waals surface area (Å²) in [5, 5.41) is 23.2. The van der Waals surface area contributed by atoms with Crippen molar-refractivity contribution in [2.24, 2.45) is 0 Å². The summed E-state index contributed by atoms with van der Waals surface area (Å²) in [7, 11) is 0. The summed E-state index contributed by atoms with van der Waals surface area (Å²) in [6.07, 6.45) is 102. The Labute approximate surface area is 550 Å². The molecular weight excluding hydrogens is 1080 g/mol. The topological polar surface area (TPSA) is 95.9 Å². The van der Waals surface area contributed by atoms with Gasteiger partial charge in [0.05, 0.1) is 25.4 Å². The molecule has 0 saturated heterocycles. The van der Waals surface area contributed by atoms with Crippen LogP contribution in [0.2, 0.25) is 0 Å². The van der Waals surface area contributed by atoms with Gasteiger partial charge in [-0.2, -0.15) is 0 Å². The van der Waals surface area contributed by atoms with Crippen LogP contribution < -0.4 is 5.32 Å². The van der Waals surface area contributed by atoms with Crippen LogP contribution in [0.5, 0.6) is 0 Å². The van der Waals surface area contributed by atoms with Crippen LogP contribution in [-0.4, -0.2) is 47.4 Å². The molecule has 6 nitrogen and oxygen atoms in total.